The molecule has 1 rings (SSSR count). The summed E-state index contributed by atoms with van der Waals surface area (Å²) in [7, 11) is 0. The van der Waals surface area contributed by atoms with E-state index in [0.717, 1.165) is 20.8 Å². The molecule has 8 heteroatoms. The molecule has 1 heterocycles. The molecular weight excluding hydrogens is 296 g/mol. The summed E-state index contributed by atoms with van der Waals surface area (Å²) in [6, 6.07) is 0. The summed E-state index contributed by atoms with van der Waals surface area (Å²) in [5, 5.41) is 10.3. The lowest BCUT2D eigenvalue weighted by molar-refractivity contribution is -0.287. The smallest absolute Gasteiger partial charge is 0.305 e. The fourth-order valence-corrected chi connectivity index (χ4v) is 2.13. The van der Waals surface area contributed by atoms with Crippen LogP contribution >= 0.6 is 0 Å². The van der Waals surface area contributed by atoms with Crippen LogP contribution in [0.25, 0.3) is 0 Å². The first-order chi connectivity index (χ1) is 10.1. The van der Waals surface area contributed by atoms with Gasteiger partial charge >= 0.3 is 17.9 Å². The van der Waals surface area contributed by atoms with Crippen LogP contribution in [0.2, 0.25) is 0 Å². The average molecular weight is 316 g/mol. The number of ether oxygens (including phenoxy) is 4. The first kappa shape index (κ1) is 18.1. The van der Waals surface area contributed by atoms with E-state index < -0.39 is 48.6 Å². The monoisotopic (exact) mass is 316 g/mol. The standard InChI is InChI=1S/C14H20O8/c1-6(2)11-10(18)12(19-7(3)15)13(20-8(4)16)14(22-11)21-9(5)17/h10-14,18H,1H2,2-5H3/t10-,11+,12-,13+,14?/m1/s1. The minimum atomic E-state index is -1.32. The van der Waals surface area contributed by atoms with Crippen LogP contribution < -0.4 is 0 Å². The SMILES string of the molecule is C=C(C)[C@@H]1OC(OC(C)=O)[C@@H](OC(C)=O)[C@H](OC(C)=O)[C@@H]1O. The third-order valence-corrected chi connectivity index (χ3v) is 2.89. The number of hydrogen-bond donors (Lipinski definition) is 1. The van der Waals surface area contributed by atoms with E-state index in [1.54, 1.807) is 6.92 Å². The van der Waals surface area contributed by atoms with Gasteiger partial charge in [0.1, 0.15) is 12.2 Å². The summed E-state index contributed by atoms with van der Waals surface area (Å²) >= 11 is 0. The molecule has 0 bridgehead atoms. The van der Waals surface area contributed by atoms with Gasteiger partial charge in [0.05, 0.1) is 0 Å². The van der Waals surface area contributed by atoms with E-state index in [4.69, 9.17) is 18.9 Å². The molecule has 0 saturated carbocycles. The molecule has 1 unspecified atom stereocenters. The van der Waals surface area contributed by atoms with Crippen LogP contribution in [0.5, 0.6) is 0 Å². The molecule has 124 valence electrons. The molecule has 1 aliphatic heterocycles. The van der Waals surface area contributed by atoms with Gasteiger partial charge in [0.25, 0.3) is 0 Å². The van der Waals surface area contributed by atoms with Crippen LogP contribution in [0.4, 0.5) is 0 Å². The number of aliphatic hydroxyl groups is 1. The lowest BCUT2D eigenvalue weighted by atomic mass is 9.94. The van der Waals surface area contributed by atoms with Gasteiger partial charge in [-0.3, -0.25) is 14.4 Å². The summed E-state index contributed by atoms with van der Waals surface area (Å²) in [4.78, 5) is 33.7. The van der Waals surface area contributed by atoms with E-state index >= 15 is 0 Å². The van der Waals surface area contributed by atoms with Gasteiger partial charge in [0.2, 0.25) is 12.4 Å². The maximum Gasteiger partial charge on any atom is 0.305 e. The summed E-state index contributed by atoms with van der Waals surface area (Å²) < 4.78 is 20.4. The van der Waals surface area contributed by atoms with Gasteiger partial charge in [-0.05, 0) is 12.5 Å². The Labute approximate surface area is 128 Å². The molecule has 1 saturated heterocycles. The molecule has 0 aromatic heterocycles. The van der Waals surface area contributed by atoms with Crippen molar-refractivity contribution in [2.24, 2.45) is 0 Å². The maximum absolute atomic E-state index is 11.2. The minimum absolute atomic E-state index is 0.433. The minimum Gasteiger partial charge on any atom is -0.455 e. The number of aliphatic hydroxyl groups excluding tert-OH is 1. The summed E-state index contributed by atoms with van der Waals surface area (Å²) in [5.74, 6) is -2.07. The zero-order valence-corrected chi connectivity index (χ0v) is 12.9. The largest absolute Gasteiger partial charge is 0.455 e. The molecule has 0 amide bonds. The number of carbonyl (C=O) groups is 3. The third-order valence-electron chi connectivity index (χ3n) is 2.89. The molecule has 0 aromatic carbocycles. The Morgan fingerprint density at radius 1 is 0.909 bits per heavy atom. The Morgan fingerprint density at radius 3 is 1.77 bits per heavy atom. The van der Waals surface area contributed by atoms with Crippen molar-refractivity contribution in [3.05, 3.63) is 12.2 Å². The highest BCUT2D eigenvalue weighted by atomic mass is 16.7. The lowest BCUT2D eigenvalue weighted by Gasteiger charge is -2.42. The normalized spacial score (nSPS) is 31.0. The highest BCUT2D eigenvalue weighted by molar-refractivity contribution is 5.68. The van der Waals surface area contributed by atoms with E-state index in [0.29, 0.717) is 5.57 Å². The van der Waals surface area contributed by atoms with Crippen LogP contribution in [0, 0.1) is 0 Å². The van der Waals surface area contributed by atoms with Gasteiger partial charge in [-0.25, -0.2) is 0 Å². The highest BCUT2D eigenvalue weighted by Crippen LogP contribution is 2.30. The number of esters is 3. The number of carbonyl (C=O) groups excluding carboxylic acids is 3. The number of hydrogen-bond acceptors (Lipinski definition) is 8. The molecule has 0 spiro atoms. The third kappa shape index (κ3) is 4.54. The molecule has 22 heavy (non-hydrogen) atoms. The Hall–Kier alpha value is -1.93. The second kappa shape index (κ2) is 7.37. The Bertz CT molecular complexity index is 455. The second-order valence-electron chi connectivity index (χ2n) is 5.02. The summed E-state index contributed by atoms with van der Waals surface area (Å²) in [6.07, 6.45) is -6.12. The fourth-order valence-electron chi connectivity index (χ4n) is 2.13. The Morgan fingerprint density at radius 2 is 1.36 bits per heavy atom. The van der Waals surface area contributed by atoms with Crippen molar-refractivity contribution < 1.29 is 38.4 Å². The van der Waals surface area contributed by atoms with Gasteiger partial charge in [0, 0.05) is 20.8 Å². The van der Waals surface area contributed by atoms with Crippen LogP contribution in [0.3, 0.4) is 0 Å². The molecule has 1 aliphatic rings. The molecule has 0 aliphatic carbocycles. The van der Waals surface area contributed by atoms with Crippen LogP contribution in [-0.2, 0) is 33.3 Å². The predicted molar refractivity (Wildman–Crippen MR) is 72.4 cm³/mol. The molecule has 1 N–H and O–H groups in total. The van der Waals surface area contributed by atoms with E-state index in [2.05, 4.69) is 6.58 Å². The highest BCUT2D eigenvalue weighted by Gasteiger charge is 2.51. The van der Waals surface area contributed by atoms with Gasteiger partial charge in [-0.2, -0.15) is 0 Å². The molecule has 0 aromatic rings. The van der Waals surface area contributed by atoms with Crippen molar-refractivity contribution in [3.8, 4) is 0 Å². The molecule has 8 nitrogen and oxygen atoms in total. The lowest BCUT2D eigenvalue weighted by Crippen LogP contribution is -2.61. The fraction of sp³-hybridized carbons (Fsp3) is 0.643. The molecule has 5 atom stereocenters. The molecule has 1 fully saturated rings. The first-order valence-corrected chi connectivity index (χ1v) is 6.64. The Kier molecular flexibility index (Phi) is 6.07. The maximum atomic E-state index is 11.2. The second-order valence-corrected chi connectivity index (χ2v) is 5.02. The molecule has 0 radical (unpaired) electrons. The first-order valence-electron chi connectivity index (χ1n) is 6.64. The Balaban J connectivity index is 3.15. The average Bonchev–Trinajstić information content (AvgIpc) is 2.35. The van der Waals surface area contributed by atoms with E-state index in [9.17, 15) is 19.5 Å². The topological polar surface area (TPSA) is 108 Å². The summed E-state index contributed by atoms with van der Waals surface area (Å²) in [6.45, 7) is 8.68. The van der Waals surface area contributed by atoms with Crippen molar-refractivity contribution in [2.45, 2.75) is 58.4 Å². The van der Waals surface area contributed by atoms with Crippen LogP contribution in [0.15, 0.2) is 12.2 Å². The quantitative estimate of drug-likeness (QED) is 0.441. The summed E-state index contributed by atoms with van der Waals surface area (Å²) in [5.41, 5.74) is 0.433. The van der Waals surface area contributed by atoms with Gasteiger partial charge in [-0.15, -0.1) is 0 Å². The number of rotatable bonds is 4. The zero-order chi connectivity index (χ0) is 17.0. The van der Waals surface area contributed by atoms with Gasteiger partial charge in [0.15, 0.2) is 6.10 Å². The predicted octanol–water partition coefficient (Wildman–Crippen LogP) is 0.0748. The van der Waals surface area contributed by atoms with Crippen molar-refractivity contribution >= 4 is 17.9 Å². The van der Waals surface area contributed by atoms with Gasteiger partial charge < -0.3 is 24.1 Å². The van der Waals surface area contributed by atoms with Gasteiger partial charge in [-0.1, -0.05) is 6.58 Å². The van der Waals surface area contributed by atoms with Crippen molar-refractivity contribution in [3.63, 3.8) is 0 Å². The van der Waals surface area contributed by atoms with Crippen molar-refractivity contribution in [1.29, 1.82) is 0 Å². The van der Waals surface area contributed by atoms with E-state index in [1.165, 1.54) is 0 Å². The van der Waals surface area contributed by atoms with Crippen molar-refractivity contribution in [1.82, 2.24) is 0 Å². The van der Waals surface area contributed by atoms with E-state index in [-0.39, 0.29) is 0 Å². The molecular formula is C14H20O8. The van der Waals surface area contributed by atoms with Crippen LogP contribution in [0.1, 0.15) is 27.7 Å². The van der Waals surface area contributed by atoms with Crippen LogP contribution in [-0.4, -0.2) is 53.7 Å². The van der Waals surface area contributed by atoms with E-state index in [1.807, 2.05) is 0 Å². The zero-order valence-electron chi connectivity index (χ0n) is 12.9. The van der Waals surface area contributed by atoms with Crippen molar-refractivity contribution in [2.75, 3.05) is 0 Å².